The smallest absolute Gasteiger partial charge is 0.290 e. The molecule has 2 amide bonds. The SMILES string of the molecule is CCN(C)C(=O)[C@@H](C)Oc1ccc2c(c1)[C@@H](c1cccc(C)c1)N(C(=O)c1ccco1)CC2. The van der Waals surface area contributed by atoms with Gasteiger partial charge in [-0.3, -0.25) is 9.59 Å². The number of aryl methyl sites for hydroxylation is 1. The summed E-state index contributed by atoms with van der Waals surface area (Å²) in [6.07, 6.45) is 1.65. The number of carbonyl (C=O) groups excluding carboxylic acids is 2. The first-order valence-corrected chi connectivity index (χ1v) is 11.3. The third-order valence-corrected chi connectivity index (χ3v) is 6.21. The molecule has 33 heavy (non-hydrogen) atoms. The van der Waals surface area contributed by atoms with Crippen LogP contribution in [0, 0.1) is 6.92 Å². The van der Waals surface area contributed by atoms with E-state index in [4.69, 9.17) is 9.15 Å². The lowest BCUT2D eigenvalue weighted by atomic mass is 9.87. The molecular formula is C27H30N2O4. The van der Waals surface area contributed by atoms with Gasteiger partial charge < -0.3 is 19.0 Å². The van der Waals surface area contributed by atoms with Gasteiger partial charge in [0.25, 0.3) is 11.8 Å². The molecule has 0 saturated heterocycles. The molecule has 0 unspecified atom stereocenters. The van der Waals surface area contributed by atoms with Crippen molar-refractivity contribution in [1.82, 2.24) is 9.80 Å². The molecule has 6 nitrogen and oxygen atoms in total. The van der Waals surface area contributed by atoms with Gasteiger partial charge in [-0.1, -0.05) is 35.9 Å². The molecule has 1 aliphatic heterocycles. The molecule has 172 valence electrons. The van der Waals surface area contributed by atoms with Crippen LogP contribution < -0.4 is 4.74 Å². The lowest BCUT2D eigenvalue weighted by molar-refractivity contribution is -0.136. The number of ether oxygens (including phenoxy) is 1. The van der Waals surface area contributed by atoms with Crippen LogP contribution in [0.15, 0.2) is 65.3 Å². The molecule has 0 N–H and O–H groups in total. The van der Waals surface area contributed by atoms with Crippen LogP contribution in [0.1, 0.15) is 52.7 Å². The summed E-state index contributed by atoms with van der Waals surface area (Å²) in [5.41, 5.74) is 4.33. The number of hydrogen-bond acceptors (Lipinski definition) is 4. The van der Waals surface area contributed by atoms with Gasteiger partial charge in [0.05, 0.1) is 12.3 Å². The number of furan rings is 1. The molecule has 0 aliphatic carbocycles. The quantitative estimate of drug-likeness (QED) is 0.554. The molecule has 2 aromatic carbocycles. The minimum Gasteiger partial charge on any atom is -0.481 e. The molecule has 1 aliphatic rings. The molecule has 2 heterocycles. The largest absolute Gasteiger partial charge is 0.481 e. The fraction of sp³-hybridized carbons (Fsp3) is 0.333. The van der Waals surface area contributed by atoms with Crippen molar-refractivity contribution in [2.45, 2.75) is 39.3 Å². The van der Waals surface area contributed by atoms with Gasteiger partial charge in [-0.25, -0.2) is 0 Å². The zero-order valence-corrected chi connectivity index (χ0v) is 19.6. The third kappa shape index (κ3) is 4.65. The van der Waals surface area contributed by atoms with E-state index in [1.807, 2.05) is 55.1 Å². The molecule has 0 saturated carbocycles. The van der Waals surface area contributed by atoms with E-state index in [1.165, 1.54) is 11.8 Å². The van der Waals surface area contributed by atoms with E-state index in [0.717, 1.165) is 23.1 Å². The summed E-state index contributed by atoms with van der Waals surface area (Å²) in [6.45, 7) is 6.94. The predicted molar refractivity (Wildman–Crippen MR) is 126 cm³/mol. The maximum absolute atomic E-state index is 13.4. The Hall–Kier alpha value is -3.54. The van der Waals surface area contributed by atoms with Gasteiger partial charge in [0, 0.05) is 20.1 Å². The number of carbonyl (C=O) groups is 2. The summed E-state index contributed by atoms with van der Waals surface area (Å²) in [4.78, 5) is 29.4. The maximum Gasteiger partial charge on any atom is 0.290 e. The minimum atomic E-state index is -0.602. The number of likely N-dealkylation sites (N-methyl/N-ethyl adjacent to an activating group) is 1. The van der Waals surface area contributed by atoms with Gasteiger partial charge in [0.2, 0.25) is 0 Å². The lowest BCUT2D eigenvalue weighted by Gasteiger charge is -2.37. The fourth-order valence-corrected chi connectivity index (χ4v) is 4.35. The molecule has 0 spiro atoms. The lowest BCUT2D eigenvalue weighted by Crippen LogP contribution is -2.40. The Bertz CT molecular complexity index is 1140. The highest BCUT2D eigenvalue weighted by atomic mass is 16.5. The Morgan fingerprint density at radius 1 is 1.18 bits per heavy atom. The zero-order chi connectivity index (χ0) is 23.5. The average Bonchev–Trinajstić information content (AvgIpc) is 3.36. The Labute approximate surface area is 194 Å². The van der Waals surface area contributed by atoms with Crippen molar-refractivity contribution in [1.29, 1.82) is 0 Å². The normalized spacial score (nSPS) is 16.1. The summed E-state index contributed by atoms with van der Waals surface area (Å²) in [6, 6.07) is 17.3. The summed E-state index contributed by atoms with van der Waals surface area (Å²) in [5, 5.41) is 0. The molecule has 4 rings (SSSR count). The van der Waals surface area contributed by atoms with E-state index in [2.05, 4.69) is 6.07 Å². The summed E-state index contributed by atoms with van der Waals surface area (Å²) >= 11 is 0. The van der Waals surface area contributed by atoms with Crippen molar-refractivity contribution in [3.05, 3.63) is 88.9 Å². The first-order valence-electron chi connectivity index (χ1n) is 11.3. The predicted octanol–water partition coefficient (Wildman–Crippen LogP) is 4.62. The van der Waals surface area contributed by atoms with Gasteiger partial charge in [0.15, 0.2) is 11.9 Å². The molecule has 1 aromatic heterocycles. The van der Waals surface area contributed by atoms with Gasteiger partial charge in [0.1, 0.15) is 5.75 Å². The number of nitrogens with zero attached hydrogens (tertiary/aromatic N) is 2. The molecule has 0 bridgehead atoms. The van der Waals surface area contributed by atoms with E-state index in [0.29, 0.717) is 24.6 Å². The Balaban J connectivity index is 1.72. The minimum absolute atomic E-state index is 0.0694. The maximum atomic E-state index is 13.4. The van der Waals surface area contributed by atoms with Crippen LogP contribution >= 0.6 is 0 Å². The van der Waals surface area contributed by atoms with Crippen molar-refractivity contribution in [2.75, 3.05) is 20.1 Å². The second kappa shape index (κ2) is 9.53. The summed E-state index contributed by atoms with van der Waals surface area (Å²) in [5.74, 6) is 0.728. The van der Waals surface area contributed by atoms with E-state index >= 15 is 0 Å². The average molecular weight is 447 g/mol. The van der Waals surface area contributed by atoms with Crippen molar-refractivity contribution in [3.63, 3.8) is 0 Å². The van der Waals surface area contributed by atoms with Gasteiger partial charge >= 0.3 is 0 Å². The van der Waals surface area contributed by atoms with Gasteiger partial charge in [-0.15, -0.1) is 0 Å². The number of hydrogen-bond donors (Lipinski definition) is 0. The molecular weight excluding hydrogens is 416 g/mol. The Morgan fingerprint density at radius 3 is 2.70 bits per heavy atom. The van der Waals surface area contributed by atoms with Gasteiger partial charge in [-0.05, 0) is 68.1 Å². The number of benzene rings is 2. The monoisotopic (exact) mass is 446 g/mol. The molecule has 0 fully saturated rings. The highest BCUT2D eigenvalue weighted by Crippen LogP contribution is 2.38. The van der Waals surface area contributed by atoms with Crippen LogP contribution in [0.3, 0.4) is 0 Å². The third-order valence-electron chi connectivity index (χ3n) is 6.21. The highest BCUT2D eigenvalue weighted by Gasteiger charge is 2.34. The molecule has 3 aromatic rings. The molecule has 2 atom stereocenters. The van der Waals surface area contributed by atoms with Gasteiger partial charge in [-0.2, -0.15) is 0 Å². The van der Waals surface area contributed by atoms with E-state index in [9.17, 15) is 9.59 Å². The number of amides is 2. The molecule has 0 radical (unpaired) electrons. The second-order valence-corrected chi connectivity index (χ2v) is 8.52. The highest BCUT2D eigenvalue weighted by molar-refractivity contribution is 5.92. The summed E-state index contributed by atoms with van der Waals surface area (Å²) in [7, 11) is 1.76. The molecule has 6 heteroatoms. The van der Waals surface area contributed by atoms with Crippen molar-refractivity contribution >= 4 is 11.8 Å². The van der Waals surface area contributed by atoms with Crippen LogP contribution in [0.4, 0.5) is 0 Å². The van der Waals surface area contributed by atoms with Crippen molar-refractivity contribution in [3.8, 4) is 5.75 Å². The van der Waals surface area contributed by atoms with Crippen LogP contribution in [0.2, 0.25) is 0 Å². The van der Waals surface area contributed by atoms with E-state index in [-0.39, 0.29) is 17.9 Å². The zero-order valence-electron chi connectivity index (χ0n) is 19.6. The van der Waals surface area contributed by atoms with E-state index < -0.39 is 6.10 Å². The Morgan fingerprint density at radius 2 is 2.00 bits per heavy atom. The van der Waals surface area contributed by atoms with E-state index in [1.54, 1.807) is 31.0 Å². The van der Waals surface area contributed by atoms with Crippen LogP contribution in [-0.4, -0.2) is 47.9 Å². The van der Waals surface area contributed by atoms with Crippen molar-refractivity contribution < 1.29 is 18.7 Å². The first kappa shape index (κ1) is 22.6. The second-order valence-electron chi connectivity index (χ2n) is 8.52. The summed E-state index contributed by atoms with van der Waals surface area (Å²) < 4.78 is 11.5. The topological polar surface area (TPSA) is 63.0 Å². The number of rotatable bonds is 6. The van der Waals surface area contributed by atoms with Crippen molar-refractivity contribution in [2.24, 2.45) is 0 Å². The number of fused-ring (bicyclic) bond motifs is 1. The first-order chi connectivity index (χ1) is 15.9. The van der Waals surface area contributed by atoms with Crippen LogP contribution in [0.25, 0.3) is 0 Å². The standard InChI is InChI=1S/C27H30N2O4/c1-5-28(4)26(30)19(3)33-22-12-11-20-13-14-29(27(31)24-10-7-15-32-24)25(23(20)17-22)21-9-6-8-18(2)16-21/h6-12,15-17,19,25H,5,13-14H2,1-4H3/t19-,25-/m1/s1. The Kier molecular flexibility index (Phi) is 6.54. The van der Waals surface area contributed by atoms with Crippen LogP contribution in [0.5, 0.6) is 5.75 Å². The van der Waals surface area contributed by atoms with Crippen LogP contribution in [-0.2, 0) is 11.2 Å². The fourth-order valence-electron chi connectivity index (χ4n) is 4.35.